The van der Waals surface area contributed by atoms with Crippen LogP contribution in [0.4, 0.5) is 4.39 Å². The van der Waals surface area contributed by atoms with Crippen LogP contribution in [-0.4, -0.2) is 23.6 Å². The molecule has 0 bridgehead atoms. The third kappa shape index (κ3) is 2.36. The lowest BCUT2D eigenvalue weighted by atomic mass is 10.1. The van der Waals surface area contributed by atoms with Gasteiger partial charge in [0.2, 0.25) is 0 Å². The maximum atomic E-state index is 13.3. The predicted molar refractivity (Wildman–Crippen MR) is 72.3 cm³/mol. The molecular weight excluding hydrogens is 241 g/mol. The molecule has 0 spiro atoms. The van der Waals surface area contributed by atoms with E-state index in [9.17, 15) is 4.39 Å². The van der Waals surface area contributed by atoms with E-state index >= 15 is 0 Å². The first-order valence-corrected chi connectivity index (χ1v) is 6.48. The Kier molecular flexibility index (Phi) is 3.03. The van der Waals surface area contributed by atoms with Gasteiger partial charge in [-0.05, 0) is 38.1 Å². The van der Waals surface area contributed by atoms with Gasteiger partial charge in [0.05, 0.1) is 5.69 Å². The highest BCUT2D eigenvalue weighted by molar-refractivity contribution is 5.58. The van der Waals surface area contributed by atoms with Gasteiger partial charge in [0.1, 0.15) is 11.6 Å². The zero-order valence-corrected chi connectivity index (χ0v) is 10.9. The van der Waals surface area contributed by atoms with E-state index in [-0.39, 0.29) is 11.2 Å². The maximum absolute atomic E-state index is 13.3. The first-order chi connectivity index (χ1) is 9.23. The SMILES string of the molecule is CNCC1(c2nccc(-c3cccc(F)c3)n2)CC1. The van der Waals surface area contributed by atoms with Gasteiger partial charge in [0, 0.05) is 23.7 Å². The second-order valence-electron chi connectivity index (χ2n) is 5.09. The Morgan fingerprint density at radius 1 is 1.32 bits per heavy atom. The van der Waals surface area contributed by atoms with Crippen LogP contribution in [0.1, 0.15) is 18.7 Å². The molecule has 2 aromatic rings. The number of benzene rings is 1. The van der Waals surface area contributed by atoms with Crippen molar-refractivity contribution < 1.29 is 4.39 Å². The van der Waals surface area contributed by atoms with Crippen LogP contribution in [0, 0.1) is 5.82 Å². The van der Waals surface area contributed by atoms with Crippen molar-refractivity contribution >= 4 is 0 Å². The average molecular weight is 257 g/mol. The molecule has 1 aliphatic rings. The number of hydrogen-bond acceptors (Lipinski definition) is 3. The van der Waals surface area contributed by atoms with Gasteiger partial charge in [-0.2, -0.15) is 0 Å². The molecule has 98 valence electrons. The van der Waals surface area contributed by atoms with Gasteiger partial charge < -0.3 is 5.32 Å². The molecule has 0 aliphatic heterocycles. The molecule has 1 aromatic heterocycles. The number of aromatic nitrogens is 2. The molecule has 1 fully saturated rings. The van der Waals surface area contributed by atoms with Crippen LogP contribution < -0.4 is 5.32 Å². The van der Waals surface area contributed by atoms with Crippen LogP contribution in [0.5, 0.6) is 0 Å². The Hall–Kier alpha value is -1.81. The first-order valence-electron chi connectivity index (χ1n) is 6.48. The van der Waals surface area contributed by atoms with Crippen molar-refractivity contribution in [2.75, 3.05) is 13.6 Å². The molecule has 3 rings (SSSR count). The molecule has 1 aliphatic carbocycles. The van der Waals surface area contributed by atoms with Crippen molar-refractivity contribution in [1.82, 2.24) is 15.3 Å². The molecule has 1 heterocycles. The van der Waals surface area contributed by atoms with Gasteiger partial charge in [-0.15, -0.1) is 0 Å². The van der Waals surface area contributed by atoms with E-state index in [2.05, 4.69) is 15.3 Å². The summed E-state index contributed by atoms with van der Waals surface area (Å²) in [4.78, 5) is 9.01. The first kappa shape index (κ1) is 12.2. The summed E-state index contributed by atoms with van der Waals surface area (Å²) in [6.07, 6.45) is 3.99. The summed E-state index contributed by atoms with van der Waals surface area (Å²) in [5.41, 5.74) is 1.66. The number of likely N-dealkylation sites (N-methyl/N-ethyl adjacent to an activating group) is 1. The van der Waals surface area contributed by atoms with Crippen molar-refractivity contribution in [3.8, 4) is 11.3 Å². The number of rotatable bonds is 4. The zero-order chi connectivity index (χ0) is 13.3. The lowest BCUT2D eigenvalue weighted by Gasteiger charge is -2.13. The van der Waals surface area contributed by atoms with Crippen LogP contribution in [0.25, 0.3) is 11.3 Å². The van der Waals surface area contributed by atoms with E-state index in [1.54, 1.807) is 12.3 Å². The fourth-order valence-electron chi connectivity index (χ4n) is 2.39. The van der Waals surface area contributed by atoms with Gasteiger partial charge in [-0.3, -0.25) is 0 Å². The summed E-state index contributed by atoms with van der Waals surface area (Å²) in [7, 11) is 1.94. The second kappa shape index (κ2) is 4.70. The number of nitrogens with zero attached hydrogens (tertiary/aromatic N) is 2. The van der Waals surface area contributed by atoms with Gasteiger partial charge in [0.15, 0.2) is 0 Å². The lowest BCUT2D eigenvalue weighted by molar-refractivity contribution is 0.588. The molecule has 3 nitrogen and oxygen atoms in total. The lowest BCUT2D eigenvalue weighted by Crippen LogP contribution is -2.25. The fourth-order valence-corrected chi connectivity index (χ4v) is 2.39. The summed E-state index contributed by atoms with van der Waals surface area (Å²) in [5.74, 6) is 0.623. The maximum Gasteiger partial charge on any atom is 0.136 e. The Morgan fingerprint density at radius 2 is 2.16 bits per heavy atom. The standard InChI is InChI=1S/C15H16FN3/c1-17-10-15(6-7-15)14-18-8-5-13(19-14)11-3-2-4-12(16)9-11/h2-5,8-9,17H,6-7,10H2,1H3. The molecule has 4 heteroatoms. The predicted octanol–water partition coefficient (Wildman–Crippen LogP) is 2.53. The second-order valence-corrected chi connectivity index (χ2v) is 5.09. The minimum absolute atomic E-state index is 0.0814. The van der Waals surface area contributed by atoms with E-state index in [0.717, 1.165) is 36.5 Å². The normalized spacial score (nSPS) is 16.3. The Morgan fingerprint density at radius 3 is 2.84 bits per heavy atom. The van der Waals surface area contributed by atoms with Crippen molar-refractivity contribution in [1.29, 1.82) is 0 Å². The summed E-state index contributed by atoms with van der Waals surface area (Å²) >= 11 is 0. The van der Waals surface area contributed by atoms with Crippen LogP contribution in [0.2, 0.25) is 0 Å². The highest BCUT2D eigenvalue weighted by Gasteiger charge is 2.46. The van der Waals surface area contributed by atoms with Gasteiger partial charge in [-0.25, -0.2) is 14.4 Å². The van der Waals surface area contributed by atoms with Crippen molar-refractivity contribution in [2.45, 2.75) is 18.3 Å². The van der Waals surface area contributed by atoms with E-state index in [0.29, 0.717) is 0 Å². The topological polar surface area (TPSA) is 37.8 Å². The zero-order valence-electron chi connectivity index (χ0n) is 10.9. The van der Waals surface area contributed by atoms with E-state index < -0.39 is 0 Å². The largest absolute Gasteiger partial charge is 0.319 e. The third-order valence-electron chi connectivity index (χ3n) is 3.62. The van der Waals surface area contributed by atoms with Gasteiger partial charge >= 0.3 is 0 Å². The molecular formula is C15H16FN3. The number of nitrogens with one attached hydrogen (secondary N) is 1. The molecule has 1 aromatic carbocycles. The molecule has 0 amide bonds. The summed E-state index contributed by atoms with van der Waals surface area (Å²) < 4.78 is 13.3. The van der Waals surface area contributed by atoms with Crippen molar-refractivity contribution in [3.05, 3.63) is 48.2 Å². The fraction of sp³-hybridized carbons (Fsp3) is 0.333. The van der Waals surface area contributed by atoms with E-state index in [4.69, 9.17) is 0 Å². The molecule has 1 saturated carbocycles. The highest BCUT2D eigenvalue weighted by atomic mass is 19.1. The number of halogens is 1. The van der Waals surface area contributed by atoms with Crippen molar-refractivity contribution in [3.63, 3.8) is 0 Å². The smallest absolute Gasteiger partial charge is 0.136 e. The molecule has 0 atom stereocenters. The molecule has 0 unspecified atom stereocenters. The van der Waals surface area contributed by atoms with Crippen LogP contribution in [0.15, 0.2) is 36.5 Å². The molecule has 19 heavy (non-hydrogen) atoms. The van der Waals surface area contributed by atoms with Crippen LogP contribution >= 0.6 is 0 Å². The van der Waals surface area contributed by atoms with Crippen LogP contribution in [-0.2, 0) is 5.41 Å². The summed E-state index contributed by atoms with van der Waals surface area (Å²) in [6, 6.07) is 8.34. The van der Waals surface area contributed by atoms with Crippen molar-refractivity contribution in [2.24, 2.45) is 0 Å². The Bertz CT molecular complexity index is 593. The minimum atomic E-state index is -0.242. The van der Waals surface area contributed by atoms with E-state index in [1.807, 2.05) is 19.2 Å². The van der Waals surface area contributed by atoms with E-state index in [1.165, 1.54) is 12.1 Å². The number of hydrogen-bond donors (Lipinski definition) is 1. The Balaban J connectivity index is 1.97. The average Bonchev–Trinajstić information content (AvgIpc) is 3.20. The van der Waals surface area contributed by atoms with Crippen LogP contribution in [0.3, 0.4) is 0 Å². The summed E-state index contributed by atoms with van der Waals surface area (Å²) in [5, 5.41) is 3.20. The molecule has 0 saturated heterocycles. The third-order valence-corrected chi connectivity index (χ3v) is 3.62. The monoisotopic (exact) mass is 257 g/mol. The summed E-state index contributed by atoms with van der Waals surface area (Å²) in [6.45, 7) is 0.888. The quantitative estimate of drug-likeness (QED) is 0.914. The van der Waals surface area contributed by atoms with Gasteiger partial charge in [0.25, 0.3) is 0 Å². The molecule has 1 N–H and O–H groups in total. The Labute approximate surface area is 111 Å². The minimum Gasteiger partial charge on any atom is -0.319 e. The highest BCUT2D eigenvalue weighted by Crippen LogP contribution is 2.46. The van der Waals surface area contributed by atoms with Gasteiger partial charge in [-0.1, -0.05) is 12.1 Å². The molecule has 0 radical (unpaired) electrons.